The Hall–Kier alpha value is -0.770. The van der Waals surface area contributed by atoms with E-state index >= 15 is 0 Å². The molecule has 1 fully saturated rings. The number of hydrogen-bond donors (Lipinski definition) is 1. The molecule has 1 atom stereocenters. The van der Waals surface area contributed by atoms with E-state index in [1.54, 1.807) is 7.11 Å². The topological polar surface area (TPSA) is 30.5 Å². The summed E-state index contributed by atoms with van der Waals surface area (Å²) in [6.45, 7) is 6.61. The van der Waals surface area contributed by atoms with Gasteiger partial charge in [0.05, 0.1) is 6.61 Å². The van der Waals surface area contributed by atoms with Crippen molar-refractivity contribution < 1.29 is 9.47 Å². The van der Waals surface area contributed by atoms with Gasteiger partial charge in [-0.2, -0.15) is 0 Å². The van der Waals surface area contributed by atoms with Gasteiger partial charge in [0.15, 0.2) is 0 Å². The zero-order valence-electron chi connectivity index (χ0n) is 12.6. The summed E-state index contributed by atoms with van der Waals surface area (Å²) in [6.07, 6.45) is 2.64. The first-order valence-electron chi connectivity index (χ1n) is 7.12. The predicted octanol–water partition coefficient (Wildman–Crippen LogP) is 3.12. The normalized spacial score (nSPS) is 15.6. The largest absolute Gasteiger partial charge is 0.492 e. The second kappa shape index (κ2) is 8.50. The fraction of sp³-hybridized carbons (Fsp3) is 0.625. The van der Waals surface area contributed by atoms with Crippen molar-refractivity contribution in [3.05, 3.63) is 29.3 Å². The van der Waals surface area contributed by atoms with E-state index in [0.29, 0.717) is 6.04 Å². The second-order valence-electron chi connectivity index (χ2n) is 5.53. The molecule has 20 heavy (non-hydrogen) atoms. The van der Waals surface area contributed by atoms with Crippen LogP contribution in [0.1, 0.15) is 24.0 Å². The van der Waals surface area contributed by atoms with Gasteiger partial charge in [0.1, 0.15) is 12.4 Å². The summed E-state index contributed by atoms with van der Waals surface area (Å²) < 4.78 is 11.0. The number of nitrogens with one attached hydrogen (secondary N) is 1. The first kappa shape index (κ1) is 17.3. The molecule has 1 aliphatic rings. The Morgan fingerprint density at radius 1 is 1.20 bits per heavy atom. The van der Waals surface area contributed by atoms with Crippen LogP contribution in [-0.4, -0.2) is 32.9 Å². The van der Waals surface area contributed by atoms with E-state index < -0.39 is 0 Å². The fourth-order valence-electron chi connectivity index (χ4n) is 2.41. The van der Waals surface area contributed by atoms with Gasteiger partial charge in [-0.3, -0.25) is 0 Å². The highest BCUT2D eigenvalue weighted by Crippen LogP contribution is 2.33. The first-order valence-corrected chi connectivity index (χ1v) is 7.12. The van der Waals surface area contributed by atoms with Crippen LogP contribution in [0.25, 0.3) is 0 Å². The van der Waals surface area contributed by atoms with E-state index in [1.165, 1.54) is 24.0 Å². The van der Waals surface area contributed by atoms with Crippen molar-refractivity contribution in [1.82, 2.24) is 5.32 Å². The molecule has 0 aromatic heterocycles. The summed E-state index contributed by atoms with van der Waals surface area (Å²) in [5, 5.41) is 3.53. The minimum Gasteiger partial charge on any atom is -0.492 e. The van der Waals surface area contributed by atoms with E-state index in [1.807, 2.05) is 0 Å². The third-order valence-corrected chi connectivity index (χ3v) is 3.53. The van der Waals surface area contributed by atoms with Crippen molar-refractivity contribution in [1.29, 1.82) is 0 Å². The lowest BCUT2D eigenvalue weighted by atomic mass is 10.1. The number of rotatable bonds is 8. The highest BCUT2D eigenvalue weighted by atomic mass is 35.5. The van der Waals surface area contributed by atoms with Crippen molar-refractivity contribution in [3.8, 4) is 5.75 Å². The number of hydrogen-bond acceptors (Lipinski definition) is 3. The number of halogens is 1. The molecule has 0 heterocycles. The van der Waals surface area contributed by atoms with E-state index in [9.17, 15) is 0 Å². The van der Waals surface area contributed by atoms with Crippen LogP contribution in [0.15, 0.2) is 18.2 Å². The summed E-state index contributed by atoms with van der Waals surface area (Å²) >= 11 is 0. The molecule has 1 N–H and O–H groups in total. The van der Waals surface area contributed by atoms with Crippen LogP contribution < -0.4 is 10.1 Å². The van der Waals surface area contributed by atoms with Crippen LogP contribution in [0.4, 0.5) is 0 Å². The van der Waals surface area contributed by atoms with Crippen LogP contribution in [0.3, 0.4) is 0 Å². The lowest BCUT2D eigenvalue weighted by Crippen LogP contribution is -2.38. The Bertz CT molecular complexity index is 387. The van der Waals surface area contributed by atoms with Crippen molar-refractivity contribution in [2.24, 2.45) is 5.92 Å². The third-order valence-electron chi connectivity index (χ3n) is 3.53. The van der Waals surface area contributed by atoms with Gasteiger partial charge in [0, 0.05) is 19.7 Å². The van der Waals surface area contributed by atoms with E-state index in [-0.39, 0.29) is 12.4 Å². The monoisotopic (exact) mass is 299 g/mol. The van der Waals surface area contributed by atoms with Crippen LogP contribution in [0.2, 0.25) is 0 Å². The molecule has 0 amide bonds. The summed E-state index contributed by atoms with van der Waals surface area (Å²) in [6, 6.07) is 6.83. The van der Waals surface area contributed by atoms with Gasteiger partial charge in [-0.15, -0.1) is 12.4 Å². The van der Waals surface area contributed by atoms with Gasteiger partial charge in [-0.05, 0) is 55.9 Å². The highest BCUT2D eigenvalue weighted by Gasteiger charge is 2.31. The minimum atomic E-state index is 0. The maximum Gasteiger partial charge on any atom is 0.119 e. The molecule has 114 valence electrons. The number of aryl methyl sites for hydroxylation is 2. The molecule has 0 spiro atoms. The molecule has 2 rings (SSSR count). The van der Waals surface area contributed by atoms with Crippen molar-refractivity contribution in [3.63, 3.8) is 0 Å². The highest BCUT2D eigenvalue weighted by molar-refractivity contribution is 5.85. The van der Waals surface area contributed by atoms with Crippen molar-refractivity contribution in [2.75, 3.05) is 26.9 Å². The van der Waals surface area contributed by atoms with E-state index in [0.717, 1.165) is 31.4 Å². The Balaban J connectivity index is 0.00000200. The molecule has 1 aromatic carbocycles. The molecular weight excluding hydrogens is 274 g/mol. The molecule has 4 heteroatoms. The van der Waals surface area contributed by atoms with Gasteiger partial charge < -0.3 is 14.8 Å². The Morgan fingerprint density at radius 2 is 1.85 bits per heavy atom. The Kier molecular flexibility index (Phi) is 7.35. The third kappa shape index (κ3) is 5.70. The fourth-order valence-corrected chi connectivity index (χ4v) is 2.41. The van der Waals surface area contributed by atoms with Crippen molar-refractivity contribution in [2.45, 2.75) is 32.7 Å². The molecule has 0 aliphatic heterocycles. The SMILES string of the molecule is COCCNC(COc1cc(C)cc(C)c1)C1CC1.Cl. The summed E-state index contributed by atoms with van der Waals surface area (Å²) in [5.74, 6) is 1.76. The molecule has 1 aliphatic carbocycles. The second-order valence-corrected chi connectivity index (χ2v) is 5.53. The lowest BCUT2D eigenvalue weighted by Gasteiger charge is -2.19. The predicted molar refractivity (Wildman–Crippen MR) is 85.0 cm³/mol. The van der Waals surface area contributed by atoms with Crippen molar-refractivity contribution >= 4 is 12.4 Å². The van der Waals surface area contributed by atoms with Gasteiger partial charge >= 0.3 is 0 Å². The lowest BCUT2D eigenvalue weighted by molar-refractivity contribution is 0.183. The van der Waals surface area contributed by atoms with Crippen LogP contribution in [0.5, 0.6) is 5.75 Å². The zero-order chi connectivity index (χ0) is 13.7. The van der Waals surface area contributed by atoms with Gasteiger partial charge in [0.25, 0.3) is 0 Å². The average Bonchev–Trinajstić information content (AvgIpc) is 3.16. The molecule has 0 saturated heterocycles. The molecule has 1 aromatic rings. The maximum absolute atomic E-state index is 5.96. The standard InChI is InChI=1S/C16H25NO2.ClH/c1-12-8-13(2)10-15(9-12)19-11-16(14-4-5-14)17-6-7-18-3;/h8-10,14,16-17H,4-7,11H2,1-3H3;1H. The van der Waals surface area contributed by atoms with Gasteiger partial charge in [-0.1, -0.05) is 6.07 Å². The molecule has 1 saturated carbocycles. The summed E-state index contributed by atoms with van der Waals surface area (Å²) in [5.41, 5.74) is 2.51. The van der Waals surface area contributed by atoms with E-state index in [2.05, 4.69) is 37.4 Å². The van der Waals surface area contributed by atoms with Gasteiger partial charge in [-0.25, -0.2) is 0 Å². The summed E-state index contributed by atoms with van der Waals surface area (Å²) in [4.78, 5) is 0. The van der Waals surface area contributed by atoms with Crippen LogP contribution in [-0.2, 0) is 4.74 Å². The van der Waals surface area contributed by atoms with E-state index in [4.69, 9.17) is 9.47 Å². The smallest absolute Gasteiger partial charge is 0.119 e. The molecule has 3 nitrogen and oxygen atoms in total. The van der Waals surface area contributed by atoms with Crippen LogP contribution in [0, 0.1) is 19.8 Å². The quantitative estimate of drug-likeness (QED) is 0.748. The molecule has 0 bridgehead atoms. The molecule has 1 unspecified atom stereocenters. The average molecular weight is 300 g/mol. The first-order chi connectivity index (χ1) is 9.19. The molecular formula is C16H26ClNO2. The Morgan fingerprint density at radius 3 is 2.40 bits per heavy atom. The molecule has 0 radical (unpaired) electrons. The minimum absolute atomic E-state index is 0. The number of benzene rings is 1. The maximum atomic E-state index is 5.96. The number of ether oxygens (including phenoxy) is 2. The number of methoxy groups -OCH3 is 1. The zero-order valence-corrected chi connectivity index (χ0v) is 13.5. The Labute approximate surface area is 128 Å². The summed E-state index contributed by atoms with van der Waals surface area (Å²) in [7, 11) is 1.74. The van der Waals surface area contributed by atoms with Crippen LogP contribution >= 0.6 is 12.4 Å². The van der Waals surface area contributed by atoms with Gasteiger partial charge in [0.2, 0.25) is 0 Å².